The van der Waals surface area contributed by atoms with Gasteiger partial charge in [-0.2, -0.15) is 0 Å². The van der Waals surface area contributed by atoms with E-state index in [4.69, 9.17) is 17.3 Å². The molecule has 1 aromatic carbocycles. The van der Waals surface area contributed by atoms with Gasteiger partial charge in [-0.15, -0.1) is 0 Å². The Morgan fingerprint density at radius 1 is 1.29 bits per heavy atom. The third kappa shape index (κ3) is 4.08. The fraction of sp³-hybridized carbons (Fsp3) is 0.375. The second-order valence-electron chi connectivity index (χ2n) is 5.40. The first-order chi connectivity index (χ1) is 9.97. The number of benzene rings is 1. The number of likely N-dealkylation sites (tertiary alicyclic amines) is 1. The first-order valence-electron chi connectivity index (χ1n) is 7.01. The molecule has 4 nitrogen and oxygen atoms in total. The summed E-state index contributed by atoms with van der Waals surface area (Å²) in [6, 6.07) is 7.37. The quantitative estimate of drug-likeness (QED) is 0.872. The van der Waals surface area contributed by atoms with E-state index >= 15 is 0 Å². The van der Waals surface area contributed by atoms with E-state index in [9.17, 15) is 9.59 Å². The summed E-state index contributed by atoms with van der Waals surface area (Å²) >= 11 is 5.82. The van der Waals surface area contributed by atoms with Gasteiger partial charge in [-0.25, -0.2) is 0 Å². The fourth-order valence-electron chi connectivity index (χ4n) is 2.48. The number of amides is 2. The predicted octanol–water partition coefficient (Wildman–Crippen LogP) is 2.47. The lowest BCUT2D eigenvalue weighted by atomic mass is 9.93. The van der Waals surface area contributed by atoms with Crippen LogP contribution in [0.25, 0.3) is 6.08 Å². The Bertz CT molecular complexity index is 554. The second-order valence-corrected chi connectivity index (χ2v) is 5.84. The zero-order valence-corrected chi connectivity index (χ0v) is 12.7. The number of carbonyl (C=O) groups is 2. The highest BCUT2D eigenvalue weighted by molar-refractivity contribution is 6.30. The SMILES string of the molecule is C[C@@H]1CC[C@H](C(N)=O)CN1C(=O)/C=C/c1ccc(Cl)cc1. The summed E-state index contributed by atoms with van der Waals surface area (Å²) in [4.78, 5) is 25.3. The lowest BCUT2D eigenvalue weighted by Crippen LogP contribution is -2.48. The van der Waals surface area contributed by atoms with Crippen LogP contribution in [0.3, 0.4) is 0 Å². The van der Waals surface area contributed by atoms with Gasteiger partial charge in [0.05, 0.1) is 5.92 Å². The van der Waals surface area contributed by atoms with Crippen LogP contribution >= 0.6 is 11.6 Å². The van der Waals surface area contributed by atoms with Crippen molar-refractivity contribution in [1.82, 2.24) is 4.90 Å². The Hall–Kier alpha value is -1.81. The van der Waals surface area contributed by atoms with Gasteiger partial charge in [0.1, 0.15) is 0 Å². The van der Waals surface area contributed by atoms with Crippen molar-refractivity contribution in [3.63, 3.8) is 0 Å². The molecular weight excluding hydrogens is 288 g/mol. The van der Waals surface area contributed by atoms with Crippen molar-refractivity contribution in [1.29, 1.82) is 0 Å². The van der Waals surface area contributed by atoms with E-state index in [-0.39, 0.29) is 23.8 Å². The number of nitrogens with zero attached hydrogens (tertiary/aromatic N) is 1. The molecule has 0 saturated carbocycles. The first kappa shape index (κ1) is 15.6. The van der Waals surface area contributed by atoms with Gasteiger partial charge >= 0.3 is 0 Å². The molecule has 21 heavy (non-hydrogen) atoms. The van der Waals surface area contributed by atoms with Crippen LogP contribution in [0.5, 0.6) is 0 Å². The summed E-state index contributed by atoms with van der Waals surface area (Å²) in [5.74, 6) is -0.668. The predicted molar refractivity (Wildman–Crippen MR) is 83.6 cm³/mol. The molecule has 0 unspecified atom stereocenters. The fourth-order valence-corrected chi connectivity index (χ4v) is 2.61. The number of halogens is 1. The Morgan fingerprint density at radius 3 is 2.57 bits per heavy atom. The Kier molecular flexibility index (Phi) is 5.02. The number of piperidine rings is 1. The topological polar surface area (TPSA) is 63.4 Å². The monoisotopic (exact) mass is 306 g/mol. The van der Waals surface area contributed by atoms with E-state index in [0.717, 1.165) is 18.4 Å². The maximum absolute atomic E-state index is 12.3. The van der Waals surface area contributed by atoms with Crippen molar-refractivity contribution in [3.8, 4) is 0 Å². The third-order valence-electron chi connectivity index (χ3n) is 3.86. The van der Waals surface area contributed by atoms with E-state index in [1.165, 1.54) is 6.08 Å². The summed E-state index contributed by atoms with van der Waals surface area (Å²) < 4.78 is 0. The van der Waals surface area contributed by atoms with Crippen LogP contribution < -0.4 is 5.73 Å². The molecule has 0 bridgehead atoms. The Morgan fingerprint density at radius 2 is 1.95 bits per heavy atom. The zero-order valence-electron chi connectivity index (χ0n) is 12.0. The van der Waals surface area contributed by atoms with Crippen LogP contribution in [0.2, 0.25) is 5.02 Å². The number of hydrogen-bond acceptors (Lipinski definition) is 2. The number of hydrogen-bond donors (Lipinski definition) is 1. The lowest BCUT2D eigenvalue weighted by Gasteiger charge is -2.36. The maximum Gasteiger partial charge on any atom is 0.246 e. The summed E-state index contributed by atoms with van der Waals surface area (Å²) in [5, 5.41) is 0.660. The van der Waals surface area contributed by atoms with Crippen LogP contribution in [0.15, 0.2) is 30.3 Å². The normalized spacial score (nSPS) is 22.5. The standard InChI is InChI=1S/C16H19ClN2O2/c1-11-2-6-13(16(18)21)10-19(11)15(20)9-5-12-3-7-14(17)8-4-12/h3-5,7-9,11,13H,2,6,10H2,1H3,(H2,18,21)/b9-5+/t11-,13+/m1/s1. The van der Waals surface area contributed by atoms with Gasteiger partial charge in [-0.1, -0.05) is 23.7 Å². The highest BCUT2D eigenvalue weighted by atomic mass is 35.5. The van der Waals surface area contributed by atoms with Crippen molar-refractivity contribution in [3.05, 3.63) is 40.9 Å². The Labute approximate surface area is 129 Å². The summed E-state index contributed by atoms with van der Waals surface area (Å²) in [6.45, 7) is 2.39. The Balaban J connectivity index is 2.04. The smallest absolute Gasteiger partial charge is 0.246 e. The van der Waals surface area contributed by atoms with Gasteiger partial charge < -0.3 is 10.6 Å². The first-order valence-corrected chi connectivity index (χ1v) is 7.38. The molecule has 0 spiro atoms. The van der Waals surface area contributed by atoms with Crippen LogP contribution in [-0.2, 0) is 9.59 Å². The van der Waals surface area contributed by atoms with Crippen LogP contribution in [0, 0.1) is 5.92 Å². The molecule has 0 aliphatic carbocycles. The van der Waals surface area contributed by atoms with Gasteiger partial charge in [0, 0.05) is 23.7 Å². The van der Waals surface area contributed by atoms with Crippen molar-refractivity contribution in [2.24, 2.45) is 11.7 Å². The van der Waals surface area contributed by atoms with E-state index < -0.39 is 0 Å². The summed E-state index contributed by atoms with van der Waals surface area (Å²) in [7, 11) is 0. The maximum atomic E-state index is 12.3. The molecule has 2 N–H and O–H groups in total. The van der Waals surface area contributed by atoms with E-state index in [1.54, 1.807) is 23.1 Å². The molecule has 2 amide bonds. The largest absolute Gasteiger partial charge is 0.369 e. The number of nitrogens with two attached hydrogens (primary N) is 1. The summed E-state index contributed by atoms with van der Waals surface area (Å²) in [5.41, 5.74) is 6.25. The number of rotatable bonds is 3. The lowest BCUT2D eigenvalue weighted by molar-refractivity contribution is -0.133. The molecule has 1 saturated heterocycles. The zero-order chi connectivity index (χ0) is 15.4. The van der Waals surface area contributed by atoms with E-state index in [2.05, 4.69) is 0 Å². The minimum absolute atomic E-state index is 0.0941. The molecule has 2 atom stereocenters. The molecule has 112 valence electrons. The summed E-state index contributed by atoms with van der Waals surface area (Å²) in [6.07, 6.45) is 4.83. The molecule has 2 rings (SSSR count). The van der Waals surface area contributed by atoms with Crippen LogP contribution in [-0.4, -0.2) is 29.3 Å². The van der Waals surface area contributed by atoms with Crippen LogP contribution in [0.4, 0.5) is 0 Å². The van der Waals surface area contributed by atoms with E-state index in [1.807, 2.05) is 19.1 Å². The van der Waals surface area contributed by atoms with Crippen molar-refractivity contribution >= 4 is 29.5 Å². The molecule has 1 fully saturated rings. The number of carbonyl (C=O) groups excluding carboxylic acids is 2. The average molecular weight is 307 g/mol. The highest BCUT2D eigenvalue weighted by Gasteiger charge is 2.30. The molecule has 1 aliphatic heterocycles. The van der Waals surface area contributed by atoms with Gasteiger partial charge in [0.25, 0.3) is 0 Å². The molecule has 5 heteroatoms. The van der Waals surface area contributed by atoms with Crippen molar-refractivity contribution in [2.75, 3.05) is 6.54 Å². The molecule has 1 heterocycles. The van der Waals surface area contributed by atoms with Crippen molar-refractivity contribution in [2.45, 2.75) is 25.8 Å². The number of primary amides is 1. The molecular formula is C16H19ClN2O2. The van der Waals surface area contributed by atoms with Gasteiger partial charge in [0.15, 0.2) is 0 Å². The second kappa shape index (κ2) is 6.76. The van der Waals surface area contributed by atoms with Gasteiger partial charge in [-0.3, -0.25) is 9.59 Å². The van der Waals surface area contributed by atoms with Gasteiger partial charge in [0.2, 0.25) is 11.8 Å². The van der Waals surface area contributed by atoms with Crippen molar-refractivity contribution < 1.29 is 9.59 Å². The molecule has 0 aromatic heterocycles. The highest BCUT2D eigenvalue weighted by Crippen LogP contribution is 2.22. The van der Waals surface area contributed by atoms with Gasteiger partial charge in [-0.05, 0) is 43.5 Å². The average Bonchev–Trinajstić information content (AvgIpc) is 2.46. The molecule has 1 aromatic rings. The minimum atomic E-state index is -0.332. The molecule has 0 radical (unpaired) electrons. The van der Waals surface area contributed by atoms with Crippen LogP contribution in [0.1, 0.15) is 25.3 Å². The molecule has 1 aliphatic rings. The third-order valence-corrected chi connectivity index (χ3v) is 4.11. The van der Waals surface area contributed by atoms with E-state index in [0.29, 0.717) is 11.6 Å². The minimum Gasteiger partial charge on any atom is -0.369 e.